The third-order valence-corrected chi connectivity index (χ3v) is 10.0. The number of carbonyl (C=O) groups is 2. The number of hydrogen-bond donors (Lipinski definition) is 1. The van der Waals surface area contributed by atoms with Crippen LogP contribution in [0.5, 0.6) is 0 Å². The van der Waals surface area contributed by atoms with E-state index in [1.54, 1.807) is 18.2 Å². The summed E-state index contributed by atoms with van der Waals surface area (Å²) in [5.74, 6) is -1.62. The first-order chi connectivity index (χ1) is 18.3. The zero-order valence-corrected chi connectivity index (χ0v) is 21.5. The topological polar surface area (TPSA) is 57.6 Å². The lowest BCUT2D eigenvalue weighted by molar-refractivity contribution is -0.228. The summed E-state index contributed by atoms with van der Waals surface area (Å²) in [5, 5.41) is 9.34. The number of likely N-dealkylation sites (tertiary alicyclic amines) is 1. The molecule has 4 aliphatic rings. The number of fused-ring (bicyclic) bond motifs is 4. The Labute approximate surface area is 223 Å². The van der Waals surface area contributed by atoms with Gasteiger partial charge in [-0.05, 0) is 91.7 Å². The van der Waals surface area contributed by atoms with Gasteiger partial charge < -0.3 is 10.0 Å². The molecule has 0 aromatic heterocycles. The second-order valence-corrected chi connectivity index (χ2v) is 12.0. The number of carbonyl (C=O) groups excluding carboxylic acids is 1. The predicted molar refractivity (Wildman–Crippen MR) is 132 cm³/mol. The molecular weight excluding hydrogens is 517 g/mol. The Balaban J connectivity index is 1.33. The maximum absolute atomic E-state index is 14.9. The van der Waals surface area contributed by atoms with Gasteiger partial charge in [0, 0.05) is 23.9 Å². The first-order valence-corrected chi connectivity index (χ1v) is 13.5. The number of aryl methyl sites for hydroxylation is 1. The summed E-state index contributed by atoms with van der Waals surface area (Å²) in [7, 11) is 0. The van der Waals surface area contributed by atoms with Crippen molar-refractivity contribution in [2.24, 2.45) is 23.7 Å². The van der Waals surface area contributed by atoms with Crippen LogP contribution in [0.4, 0.5) is 22.0 Å². The Morgan fingerprint density at radius 2 is 1.72 bits per heavy atom. The largest absolute Gasteiger partial charge is 0.481 e. The molecule has 4 nitrogen and oxygen atoms in total. The number of carboxylic acid groups (broad SMARTS) is 1. The van der Waals surface area contributed by atoms with E-state index in [1.807, 2.05) is 4.90 Å². The number of amides is 1. The van der Waals surface area contributed by atoms with Crippen molar-refractivity contribution in [3.8, 4) is 0 Å². The number of carboxylic acids is 1. The Bertz CT molecular complexity index is 1310. The first-order valence-electron chi connectivity index (χ1n) is 13.5. The average molecular weight is 548 g/mol. The standard InChI is InChI=1S/C30H30F5NO3/c1-28(32,30(33,34)35)19-5-8-23-17(12-19)4-9-24-29(23,15-16-2-6-20(31)7-3-16)10-11-36(24)26(37)18-13-21-22(14-18)25(21)27(38)39/h2-3,5-8,12,18,21-22,24-25H,4,9-11,13-15H2,1H3,(H,38,39)/t18-,21-,22+,24-,25+,28?,29-/m1/s1. The second kappa shape index (κ2) is 8.77. The van der Waals surface area contributed by atoms with E-state index >= 15 is 0 Å². The molecule has 9 heteroatoms. The van der Waals surface area contributed by atoms with Crippen molar-refractivity contribution < 1.29 is 36.6 Å². The third kappa shape index (κ3) is 4.06. The molecule has 2 aromatic carbocycles. The van der Waals surface area contributed by atoms with Crippen LogP contribution in [0, 0.1) is 29.5 Å². The van der Waals surface area contributed by atoms with Crippen molar-refractivity contribution >= 4 is 11.9 Å². The molecule has 1 heterocycles. The molecule has 1 unspecified atom stereocenters. The lowest BCUT2D eigenvalue weighted by atomic mass is 9.63. The molecule has 0 radical (unpaired) electrons. The fourth-order valence-corrected chi connectivity index (χ4v) is 7.90. The minimum atomic E-state index is -5.05. The van der Waals surface area contributed by atoms with Crippen LogP contribution in [0.1, 0.15) is 54.9 Å². The van der Waals surface area contributed by atoms with Gasteiger partial charge in [0.15, 0.2) is 0 Å². The van der Waals surface area contributed by atoms with Crippen LogP contribution < -0.4 is 0 Å². The van der Waals surface area contributed by atoms with Crippen LogP contribution in [-0.2, 0) is 33.5 Å². The van der Waals surface area contributed by atoms with Crippen molar-refractivity contribution in [1.82, 2.24) is 4.90 Å². The summed E-state index contributed by atoms with van der Waals surface area (Å²) in [5.41, 5.74) is -2.20. The molecule has 1 N–H and O–H groups in total. The SMILES string of the molecule is CC(F)(c1ccc2c(c1)CC[C@H]1N(C(=O)[C@@H]3C[C@@H]4[C@H](C3)[C@H]4C(=O)O)CC[C@@]21Cc1ccc(F)cc1)C(F)(F)F. The van der Waals surface area contributed by atoms with Crippen molar-refractivity contribution in [3.05, 3.63) is 70.5 Å². The Kier molecular flexibility index (Phi) is 5.90. The number of aliphatic carboxylic acids is 1. The molecule has 39 heavy (non-hydrogen) atoms. The minimum absolute atomic E-state index is 0.0193. The highest BCUT2D eigenvalue weighted by atomic mass is 19.4. The molecule has 1 aliphatic heterocycles. The Morgan fingerprint density at radius 1 is 1.05 bits per heavy atom. The fraction of sp³-hybridized carbons (Fsp3) is 0.533. The second-order valence-electron chi connectivity index (χ2n) is 12.0. The van der Waals surface area contributed by atoms with Gasteiger partial charge in [-0.15, -0.1) is 0 Å². The van der Waals surface area contributed by atoms with Gasteiger partial charge in [-0.2, -0.15) is 13.2 Å². The zero-order chi connectivity index (χ0) is 27.9. The van der Waals surface area contributed by atoms with Crippen LogP contribution in [-0.4, -0.2) is 40.6 Å². The molecule has 6 rings (SSSR count). The maximum atomic E-state index is 14.9. The normalized spacial score (nSPS) is 32.7. The summed E-state index contributed by atoms with van der Waals surface area (Å²) < 4.78 is 68.9. The lowest BCUT2D eigenvalue weighted by Crippen LogP contribution is -2.50. The van der Waals surface area contributed by atoms with E-state index in [-0.39, 0.29) is 41.4 Å². The van der Waals surface area contributed by atoms with Crippen LogP contribution in [0.2, 0.25) is 0 Å². The summed E-state index contributed by atoms with van der Waals surface area (Å²) in [6.45, 7) is 1.01. The summed E-state index contributed by atoms with van der Waals surface area (Å²) >= 11 is 0. The van der Waals surface area contributed by atoms with Crippen molar-refractivity contribution in [3.63, 3.8) is 0 Å². The highest BCUT2D eigenvalue weighted by Gasteiger charge is 2.62. The van der Waals surface area contributed by atoms with E-state index in [0.29, 0.717) is 57.6 Å². The van der Waals surface area contributed by atoms with E-state index in [0.717, 1.165) is 11.1 Å². The highest BCUT2D eigenvalue weighted by molar-refractivity contribution is 5.82. The van der Waals surface area contributed by atoms with Crippen molar-refractivity contribution in [1.29, 1.82) is 0 Å². The smallest absolute Gasteiger partial charge is 0.426 e. The Morgan fingerprint density at radius 3 is 2.33 bits per heavy atom. The maximum Gasteiger partial charge on any atom is 0.426 e. The molecule has 3 aliphatic carbocycles. The summed E-state index contributed by atoms with van der Waals surface area (Å²) in [6, 6.07) is 10.0. The number of halogens is 5. The monoisotopic (exact) mass is 547 g/mol. The summed E-state index contributed by atoms with van der Waals surface area (Å²) in [6.07, 6.45) is -1.93. The zero-order valence-electron chi connectivity index (χ0n) is 21.5. The van der Waals surface area contributed by atoms with Gasteiger partial charge in [0.05, 0.1) is 5.92 Å². The van der Waals surface area contributed by atoms with Crippen LogP contribution >= 0.6 is 0 Å². The van der Waals surface area contributed by atoms with Gasteiger partial charge in [0.1, 0.15) is 5.82 Å². The molecule has 0 bridgehead atoms. The number of alkyl halides is 4. The number of rotatable bonds is 5. The van der Waals surface area contributed by atoms with Gasteiger partial charge in [-0.3, -0.25) is 9.59 Å². The van der Waals surface area contributed by atoms with E-state index in [2.05, 4.69) is 0 Å². The highest BCUT2D eigenvalue weighted by Crippen LogP contribution is 2.60. The molecule has 3 fully saturated rings. The van der Waals surface area contributed by atoms with E-state index in [1.165, 1.54) is 24.3 Å². The number of benzene rings is 2. The molecule has 208 valence electrons. The van der Waals surface area contributed by atoms with Crippen molar-refractivity contribution in [2.75, 3.05) is 6.54 Å². The molecule has 2 saturated carbocycles. The third-order valence-electron chi connectivity index (χ3n) is 10.0. The Hall–Kier alpha value is -2.97. The molecule has 1 saturated heterocycles. The van der Waals surface area contributed by atoms with Crippen LogP contribution in [0.25, 0.3) is 0 Å². The van der Waals surface area contributed by atoms with Gasteiger partial charge in [-0.25, -0.2) is 8.78 Å². The lowest BCUT2D eigenvalue weighted by Gasteiger charge is -2.44. The van der Waals surface area contributed by atoms with Gasteiger partial charge >= 0.3 is 12.1 Å². The predicted octanol–water partition coefficient (Wildman–Crippen LogP) is 5.96. The summed E-state index contributed by atoms with van der Waals surface area (Å²) in [4.78, 5) is 27.0. The van der Waals surface area contributed by atoms with E-state index in [9.17, 15) is 36.6 Å². The van der Waals surface area contributed by atoms with Crippen LogP contribution in [0.15, 0.2) is 42.5 Å². The molecular formula is C30H30F5NO3. The molecule has 1 amide bonds. The number of nitrogens with zero attached hydrogens (tertiary/aromatic N) is 1. The molecule has 7 atom stereocenters. The fourth-order valence-electron chi connectivity index (χ4n) is 7.90. The van der Waals surface area contributed by atoms with E-state index in [4.69, 9.17) is 0 Å². The van der Waals surface area contributed by atoms with Gasteiger partial charge in [0.2, 0.25) is 11.6 Å². The molecule has 0 spiro atoms. The van der Waals surface area contributed by atoms with Gasteiger partial charge in [-0.1, -0.05) is 30.3 Å². The van der Waals surface area contributed by atoms with Gasteiger partial charge in [0.25, 0.3) is 0 Å². The van der Waals surface area contributed by atoms with E-state index < -0.39 is 28.8 Å². The minimum Gasteiger partial charge on any atom is -0.481 e. The quantitative estimate of drug-likeness (QED) is 0.471. The first kappa shape index (κ1) is 26.3. The van der Waals surface area contributed by atoms with Crippen molar-refractivity contribution in [2.45, 2.75) is 68.8 Å². The van der Waals surface area contributed by atoms with Crippen LogP contribution in [0.3, 0.4) is 0 Å². The average Bonchev–Trinajstić information content (AvgIpc) is 3.19. The molecule has 2 aromatic rings. The number of hydrogen-bond acceptors (Lipinski definition) is 2.